The Hall–Kier alpha value is -4.12. The largest absolute Gasteiger partial charge is 0.476 e. The fourth-order valence-electron chi connectivity index (χ4n) is 4.56. The number of non-ortho nitro benzene ring substituents is 1. The number of hydrogen-bond acceptors (Lipinski definition) is 7. The Labute approximate surface area is 206 Å². The quantitative estimate of drug-likeness (QED) is 0.353. The first kappa shape index (κ1) is 25.0. The highest BCUT2D eigenvalue weighted by Crippen LogP contribution is 2.41. The van der Waals surface area contributed by atoms with Gasteiger partial charge in [0, 0.05) is 37.1 Å². The van der Waals surface area contributed by atoms with E-state index < -0.39 is 27.8 Å². The maximum absolute atomic E-state index is 13.2. The van der Waals surface area contributed by atoms with Crippen molar-refractivity contribution in [2.45, 2.75) is 32.5 Å². The minimum atomic E-state index is -0.752. The summed E-state index contributed by atoms with van der Waals surface area (Å²) in [4.78, 5) is 38.7. The zero-order valence-electron chi connectivity index (χ0n) is 19.8. The Kier molecular flexibility index (Phi) is 7.11. The normalized spacial score (nSPS) is 18.2. The second-order valence-electron chi connectivity index (χ2n) is 8.89. The highest BCUT2D eigenvalue weighted by atomic mass is 19.1. The van der Waals surface area contributed by atoms with Crippen molar-refractivity contribution in [3.05, 3.63) is 86.2 Å². The van der Waals surface area contributed by atoms with E-state index in [1.807, 2.05) is 13.8 Å². The van der Waals surface area contributed by atoms with E-state index in [2.05, 4.69) is 4.90 Å². The van der Waals surface area contributed by atoms with Crippen LogP contribution in [0.5, 0.6) is 5.75 Å². The van der Waals surface area contributed by atoms with Gasteiger partial charge in [0.05, 0.1) is 21.3 Å². The van der Waals surface area contributed by atoms with Gasteiger partial charge >= 0.3 is 5.69 Å². The standard InChI is InChI=1S/C25H25FN4O6/c1-16-13-28(17(2)12-27(16)14-18-7-9-19(26)10-8-18)24(31)15-36-25-21-6-4-3-5-20(21)22(29(32)33)11-23(25)30(34)35/h3-11,16-17H,12-15H2,1-2H3/t16-,17+/m1/s1. The number of carbonyl (C=O) groups excluding carboxylic acids is 1. The Morgan fingerprint density at radius 3 is 2.25 bits per heavy atom. The summed E-state index contributed by atoms with van der Waals surface area (Å²) in [6, 6.07) is 13.2. The molecule has 3 aromatic rings. The third kappa shape index (κ3) is 5.10. The smallest absolute Gasteiger partial charge is 0.318 e. The first-order valence-electron chi connectivity index (χ1n) is 11.4. The van der Waals surface area contributed by atoms with Crippen LogP contribution in [0.2, 0.25) is 0 Å². The van der Waals surface area contributed by atoms with Crippen molar-refractivity contribution >= 4 is 28.1 Å². The van der Waals surface area contributed by atoms with Gasteiger partial charge in [-0.1, -0.05) is 30.3 Å². The van der Waals surface area contributed by atoms with Crippen LogP contribution in [0.15, 0.2) is 54.6 Å². The van der Waals surface area contributed by atoms with Gasteiger partial charge in [0.15, 0.2) is 6.61 Å². The molecule has 188 valence electrons. The third-order valence-corrected chi connectivity index (χ3v) is 6.42. The number of amides is 1. The number of hydrogen-bond donors (Lipinski definition) is 0. The van der Waals surface area contributed by atoms with Crippen LogP contribution in [0.25, 0.3) is 10.8 Å². The van der Waals surface area contributed by atoms with Gasteiger partial charge in [-0.25, -0.2) is 4.39 Å². The molecule has 0 spiro atoms. The van der Waals surface area contributed by atoms with E-state index in [9.17, 15) is 29.4 Å². The summed E-state index contributed by atoms with van der Waals surface area (Å²) in [6.45, 7) is 5.08. The van der Waals surface area contributed by atoms with E-state index in [-0.39, 0.29) is 40.3 Å². The predicted octanol–water partition coefficient (Wildman–Crippen LogP) is 4.30. The molecular formula is C25H25FN4O6. The number of piperazine rings is 1. The summed E-state index contributed by atoms with van der Waals surface area (Å²) in [5.41, 5.74) is -0.00893. The summed E-state index contributed by atoms with van der Waals surface area (Å²) >= 11 is 0. The Bertz CT molecular complexity index is 1320. The van der Waals surface area contributed by atoms with Crippen LogP contribution in [-0.4, -0.2) is 57.3 Å². The number of carbonyl (C=O) groups is 1. The lowest BCUT2D eigenvalue weighted by molar-refractivity contribution is -0.393. The molecule has 0 aromatic heterocycles. The highest BCUT2D eigenvalue weighted by Gasteiger charge is 2.33. The predicted molar refractivity (Wildman–Crippen MR) is 130 cm³/mol. The van der Waals surface area contributed by atoms with Crippen LogP contribution < -0.4 is 4.74 Å². The monoisotopic (exact) mass is 496 g/mol. The van der Waals surface area contributed by atoms with E-state index in [1.54, 1.807) is 29.2 Å². The average Bonchev–Trinajstić information content (AvgIpc) is 2.85. The molecule has 11 heteroatoms. The molecule has 4 rings (SSSR count). The van der Waals surface area contributed by atoms with Crippen molar-refractivity contribution in [2.24, 2.45) is 0 Å². The van der Waals surface area contributed by atoms with Crippen LogP contribution in [0, 0.1) is 26.0 Å². The maximum Gasteiger partial charge on any atom is 0.318 e. The molecule has 1 aliphatic heterocycles. The summed E-state index contributed by atoms with van der Waals surface area (Å²) < 4.78 is 18.9. The van der Waals surface area contributed by atoms with E-state index in [0.29, 0.717) is 19.6 Å². The van der Waals surface area contributed by atoms with Gasteiger partial charge in [-0.05, 0) is 37.6 Å². The first-order valence-corrected chi connectivity index (χ1v) is 11.4. The van der Waals surface area contributed by atoms with Gasteiger partial charge in [0.25, 0.3) is 11.6 Å². The molecule has 1 saturated heterocycles. The lowest BCUT2D eigenvalue weighted by Gasteiger charge is -2.44. The van der Waals surface area contributed by atoms with Gasteiger partial charge < -0.3 is 9.64 Å². The minimum absolute atomic E-state index is 0.0183. The molecule has 0 bridgehead atoms. The number of benzene rings is 3. The highest BCUT2D eigenvalue weighted by molar-refractivity contribution is 5.99. The van der Waals surface area contributed by atoms with Gasteiger partial charge in [0.1, 0.15) is 5.82 Å². The van der Waals surface area contributed by atoms with Crippen molar-refractivity contribution in [1.29, 1.82) is 0 Å². The Morgan fingerprint density at radius 2 is 1.61 bits per heavy atom. The van der Waals surface area contributed by atoms with E-state index >= 15 is 0 Å². The Balaban J connectivity index is 1.50. The zero-order chi connectivity index (χ0) is 26.0. The third-order valence-electron chi connectivity index (χ3n) is 6.42. The minimum Gasteiger partial charge on any atom is -0.476 e. The zero-order valence-corrected chi connectivity index (χ0v) is 19.8. The molecule has 1 aliphatic rings. The number of nitro benzene ring substituents is 2. The van der Waals surface area contributed by atoms with Gasteiger partial charge in [0.2, 0.25) is 5.75 Å². The molecule has 3 aromatic carbocycles. The summed E-state index contributed by atoms with van der Waals surface area (Å²) in [5.74, 6) is -0.811. The molecule has 0 radical (unpaired) electrons. The number of nitro groups is 2. The summed E-state index contributed by atoms with van der Waals surface area (Å²) in [7, 11) is 0. The maximum atomic E-state index is 13.2. The molecule has 0 unspecified atom stereocenters. The lowest BCUT2D eigenvalue weighted by Crippen LogP contribution is -2.58. The average molecular weight is 496 g/mol. The molecule has 1 fully saturated rings. The van der Waals surface area contributed by atoms with Gasteiger partial charge in [-0.3, -0.25) is 29.9 Å². The molecule has 2 atom stereocenters. The number of halogens is 1. The first-order chi connectivity index (χ1) is 17.2. The fraction of sp³-hybridized carbons (Fsp3) is 0.320. The molecule has 0 saturated carbocycles. The number of fused-ring (bicyclic) bond motifs is 1. The van der Waals surface area contributed by atoms with Crippen molar-refractivity contribution in [2.75, 3.05) is 19.7 Å². The van der Waals surface area contributed by atoms with Crippen LogP contribution in [0.1, 0.15) is 19.4 Å². The van der Waals surface area contributed by atoms with Crippen LogP contribution in [0.3, 0.4) is 0 Å². The fourth-order valence-corrected chi connectivity index (χ4v) is 4.56. The topological polar surface area (TPSA) is 119 Å². The molecule has 0 aliphatic carbocycles. The van der Waals surface area contributed by atoms with Crippen LogP contribution in [0.4, 0.5) is 15.8 Å². The summed E-state index contributed by atoms with van der Waals surface area (Å²) in [6.07, 6.45) is 0. The van der Waals surface area contributed by atoms with Crippen molar-refractivity contribution in [3.8, 4) is 5.75 Å². The van der Waals surface area contributed by atoms with E-state index in [4.69, 9.17) is 4.74 Å². The van der Waals surface area contributed by atoms with E-state index in [1.165, 1.54) is 24.3 Å². The number of ether oxygens (including phenoxy) is 1. The van der Waals surface area contributed by atoms with Crippen molar-refractivity contribution in [3.63, 3.8) is 0 Å². The molecule has 36 heavy (non-hydrogen) atoms. The molecule has 1 amide bonds. The second kappa shape index (κ2) is 10.2. The van der Waals surface area contributed by atoms with Crippen LogP contribution in [-0.2, 0) is 11.3 Å². The van der Waals surface area contributed by atoms with Crippen molar-refractivity contribution in [1.82, 2.24) is 9.80 Å². The van der Waals surface area contributed by atoms with Crippen molar-refractivity contribution < 1.29 is 23.8 Å². The SMILES string of the molecule is C[C@@H]1CN(C(=O)COc2c([N+](=O)[O-])cc([N+](=O)[O-])c3ccccc23)[C@@H](C)CN1Cc1ccc(F)cc1. The lowest BCUT2D eigenvalue weighted by atomic mass is 10.1. The molecule has 10 nitrogen and oxygen atoms in total. The summed E-state index contributed by atoms with van der Waals surface area (Å²) in [5, 5.41) is 23.5. The van der Waals surface area contributed by atoms with Gasteiger partial charge in [-0.2, -0.15) is 0 Å². The van der Waals surface area contributed by atoms with Gasteiger partial charge in [-0.15, -0.1) is 0 Å². The Morgan fingerprint density at radius 1 is 0.972 bits per heavy atom. The van der Waals surface area contributed by atoms with E-state index in [0.717, 1.165) is 11.6 Å². The number of rotatable bonds is 7. The molecule has 1 heterocycles. The molecular weight excluding hydrogens is 471 g/mol. The second-order valence-corrected chi connectivity index (χ2v) is 8.89. The molecule has 0 N–H and O–H groups in total. The number of nitrogens with zero attached hydrogens (tertiary/aromatic N) is 4. The van der Waals surface area contributed by atoms with Crippen LogP contribution >= 0.6 is 0 Å².